The molecule has 2 atom stereocenters. The molecular formula is C21H23N3O2. The molecule has 0 spiro atoms. The van der Waals surface area contributed by atoms with E-state index in [1.54, 1.807) is 10.9 Å². The van der Waals surface area contributed by atoms with Crippen molar-refractivity contribution in [1.29, 1.82) is 0 Å². The maximum absolute atomic E-state index is 13.3. The van der Waals surface area contributed by atoms with Crippen LogP contribution >= 0.6 is 0 Å². The molecule has 0 bridgehead atoms. The Morgan fingerprint density at radius 3 is 2.46 bits per heavy atom. The van der Waals surface area contributed by atoms with Crippen molar-refractivity contribution in [2.45, 2.75) is 20.3 Å². The number of carbonyl (C=O) groups excluding carboxylic acids is 1. The fourth-order valence-corrected chi connectivity index (χ4v) is 3.83. The van der Waals surface area contributed by atoms with Crippen LogP contribution < -0.4 is 0 Å². The maximum atomic E-state index is 13.3. The molecule has 2 unspecified atom stereocenters. The predicted molar refractivity (Wildman–Crippen MR) is 100 cm³/mol. The molecular weight excluding hydrogens is 326 g/mol. The van der Waals surface area contributed by atoms with E-state index in [4.69, 9.17) is 4.42 Å². The van der Waals surface area contributed by atoms with E-state index in [0.717, 1.165) is 18.8 Å². The average molecular weight is 349 g/mol. The van der Waals surface area contributed by atoms with Crippen molar-refractivity contribution in [3.63, 3.8) is 0 Å². The van der Waals surface area contributed by atoms with Crippen molar-refractivity contribution >= 4 is 5.91 Å². The highest BCUT2D eigenvalue weighted by Gasteiger charge is 2.29. The first-order valence-electron chi connectivity index (χ1n) is 9.10. The Morgan fingerprint density at radius 1 is 1.08 bits per heavy atom. The number of benzene rings is 1. The van der Waals surface area contributed by atoms with Crippen molar-refractivity contribution in [3.05, 3.63) is 60.5 Å². The number of furan rings is 1. The highest BCUT2D eigenvalue weighted by atomic mass is 16.3. The summed E-state index contributed by atoms with van der Waals surface area (Å²) in [5, 5.41) is 4.65. The summed E-state index contributed by atoms with van der Waals surface area (Å²) in [4.78, 5) is 15.3. The lowest BCUT2D eigenvalue weighted by atomic mass is 9.92. The fourth-order valence-electron chi connectivity index (χ4n) is 3.83. The lowest BCUT2D eigenvalue weighted by Crippen LogP contribution is -2.43. The zero-order valence-corrected chi connectivity index (χ0v) is 15.1. The highest BCUT2D eigenvalue weighted by molar-refractivity contribution is 5.94. The van der Waals surface area contributed by atoms with Crippen LogP contribution in [0.5, 0.6) is 0 Å². The van der Waals surface area contributed by atoms with Gasteiger partial charge in [0.15, 0.2) is 5.76 Å². The number of hydrogen-bond donors (Lipinski definition) is 0. The first-order chi connectivity index (χ1) is 12.6. The first kappa shape index (κ1) is 16.6. The summed E-state index contributed by atoms with van der Waals surface area (Å²) in [6, 6.07) is 15.3. The van der Waals surface area contributed by atoms with Gasteiger partial charge in [-0.1, -0.05) is 32.0 Å². The number of rotatable bonds is 3. The Kier molecular flexibility index (Phi) is 4.37. The van der Waals surface area contributed by atoms with Crippen molar-refractivity contribution in [2.75, 3.05) is 13.1 Å². The summed E-state index contributed by atoms with van der Waals surface area (Å²) in [6.45, 7) is 6.00. The Hall–Kier alpha value is -2.82. The number of para-hydroxylation sites is 1. The van der Waals surface area contributed by atoms with Gasteiger partial charge in [-0.25, -0.2) is 4.68 Å². The number of hydrogen-bond acceptors (Lipinski definition) is 3. The molecule has 1 saturated heterocycles. The lowest BCUT2D eigenvalue weighted by molar-refractivity contribution is 0.0614. The van der Waals surface area contributed by atoms with Gasteiger partial charge in [0.05, 0.1) is 12.0 Å². The Labute approximate surface area is 153 Å². The van der Waals surface area contributed by atoms with Gasteiger partial charge < -0.3 is 9.32 Å². The van der Waals surface area contributed by atoms with Crippen LogP contribution in [0, 0.1) is 11.8 Å². The predicted octanol–water partition coefficient (Wildman–Crippen LogP) is 4.25. The third kappa shape index (κ3) is 3.17. The minimum Gasteiger partial charge on any atom is -0.463 e. The highest BCUT2D eigenvalue weighted by Crippen LogP contribution is 2.26. The largest absolute Gasteiger partial charge is 0.463 e. The normalized spacial score (nSPS) is 20.3. The molecule has 1 aliphatic heterocycles. The van der Waals surface area contributed by atoms with Crippen molar-refractivity contribution < 1.29 is 9.21 Å². The van der Waals surface area contributed by atoms with Crippen molar-refractivity contribution in [1.82, 2.24) is 14.7 Å². The SMILES string of the molecule is CC1CC(C)CN(C(=O)c2cc(-c3ccco3)nn2-c2ccccc2)C1. The number of nitrogens with zero attached hydrogens (tertiary/aromatic N) is 3. The second-order valence-corrected chi connectivity index (χ2v) is 7.30. The first-order valence-corrected chi connectivity index (χ1v) is 9.10. The van der Waals surface area contributed by atoms with Crippen LogP contribution in [0.15, 0.2) is 59.2 Å². The zero-order valence-electron chi connectivity index (χ0n) is 15.1. The third-order valence-electron chi connectivity index (χ3n) is 4.86. The van der Waals surface area contributed by atoms with Crippen molar-refractivity contribution in [2.24, 2.45) is 11.8 Å². The summed E-state index contributed by atoms with van der Waals surface area (Å²) < 4.78 is 7.21. The molecule has 5 nitrogen and oxygen atoms in total. The third-order valence-corrected chi connectivity index (χ3v) is 4.86. The van der Waals surface area contributed by atoms with Crippen LogP contribution in [0.25, 0.3) is 17.1 Å². The van der Waals surface area contributed by atoms with Crippen LogP contribution in [0.1, 0.15) is 30.8 Å². The van der Waals surface area contributed by atoms with Crippen molar-refractivity contribution in [3.8, 4) is 17.1 Å². The number of likely N-dealkylation sites (tertiary alicyclic amines) is 1. The molecule has 0 saturated carbocycles. The molecule has 0 N–H and O–H groups in total. The van der Waals surface area contributed by atoms with Gasteiger partial charge in [-0.3, -0.25) is 4.79 Å². The topological polar surface area (TPSA) is 51.3 Å². The molecule has 2 aromatic heterocycles. The molecule has 5 heteroatoms. The van der Waals surface area contributed by atoms with Crippen LogP contribution in [-0.2, 0) is 0 Å². The minimum absolute atomic E-state index is 0.0255. The summed E-state index contributed by atoms with van der Waals surface area (Å²) in [7, 11) is 0. The number of aromatic nitrogens is 2. The molecule has 1 aromatic carbocycles. The fraction of sp³-hybridized carbons (Fsp3) is 0.333. The van der Waals surface area contributed by atoms with Crippen LogP contribution in [0.2, 0.25) is 0 Å². The standard InChI is InChI=1S/C21H23N3O2/c1-15-11-16(2)14-23(13-15)21(25)19-12-18(20-9-6-10-26-20)22-24(19)17-7-4-3-5-8-17/h3-10,12,15-16H,11,13-14H2,1-2H3. The van der Waals surface area contributed by atoms with E-state index in [-0.39, 0.29) is 5.91 Å². The van der Waals surface area contributed by atoms with E-state index in [9.17, 15) is 4.79 Å². The van der Waals surface area contributed by atoms with E-state index in [0.29, 0.717) is 29.0 Å². The molecule has 3 heterocycles. The van der Waals surface area contributed by atoms with E-state index in [2.05, 4.69) is 18.9 Å². The molecule has 1 aliphatic rings. The lowest BCUT2D eigenvalue weighted by Gasteiger charge is -2.35. The van der Waals surface area contributed by atoms with Gasteiger partial charge in [0.25, 0.3) is 5.91 Å². The average Bonchev–Trinajstić information content (AvgIpc) is 3.30. The van der Waals surface area contributed by atoms with Gasteiger partial charge in [0.1, 0.15) is 11.4 Å². The summed E-state index contributed by atoms with van der Waals surface area (Å²) in [5.41, 5.74) is 2.11. The van der Waals surface area contributed by atoms with Gasteiger partial charge in [-0.15, -0.1) is 0 Å². The Balaban J connectivity index is 1.75. The summed E-state index contributed by atoms with van der Waals surface area (Å²) in [5.74, 6) is 1.72. The number of piperidine rings is 1. The Morgan fingerprint density at radius 2 is 1.81 bits per heavy atom. The molecule has 0 aliphatic carbocycles. The van der Waals surface area contributed by atoms with Crippen LogP contribution in [0.4, 0.5) is 0 Å². The van der Waals surface area contributed by atoms with Gasteiger partial charge in [0, 0.05) is 19.2 Å². The Bertz CT molecular complexity index is 873. The van der Waals surface area contributed by atoms with E-state index < -0.39 is 0 Å². The number of amides is 1. The van der Waals surface area contributed by atoms with Gasteiger partial charge >= 0.3 is 0 Å². The molecule has 134 valence electrons. The van der Waals surface area contributed by atoms with Crippen LogP contribution in [0.3, 0.4) is 0 Å². The summed E-state index contributed by atoms with van der Waals surface area (Å²) >= 11 is 0. The van der Waals surface area contributed by atoms with Gasteiger partial charge in [0.2, 0.25) is 0 Å². The molecule has 1 amide bonds. The second-order valence-electron chi connectivity index (χ2n) is 7.30. The summed E-state index contributed by atoms with van der Waals surface area (Å²) in [6.07, 6.45) is 2.78. The molecule has 1 fully saturated rings. The molecule has 0 radical (unpaired) electrons. The smallest absolute Gasteiger partial charge is 0.272 e. The van der Waals surface area contributed by atoms with Gasteiger partial charge in [-0.05, 0) is 42.5 Å². The quantitative estimate of drug-likeness (QED) is 0.710. The van der Waals surface area contributed by atoms with E-state index in [1.807, 2.05) is 53.4 Å². The zero-order chi connectivity index (χ0) is 18.1. The van der Waals surface area contributed by atoms with E-state index in [1.165, 1.54) is 6.42 Å². The second kappa shape index (κ2) is 6.83. The number of carbonyl (C=O) groups is 1. The molecule has 4 rings (SSSR count). The maximum Gasteiger partial charge on any atom is 0.272 e. The van der Waals surface area contributed by atoms with Gasteiger partial charge in [-0.2, -0.15) is 5.10 Å². The minimum atomic E-state index is 0.0255. The molecule has 3 aromatic rings. The molecule has 26 heavy (non-hydrogen) atoms. The van der Waals surface area contributed by atoms with E-state index >= 15 is 0 Å². The monoisotopic (exact) mass is 349 g/mol. The van der Waals surface area contributed by atoms with Crippen LogP contribution in [-0.4, -0.2) is 33.7 Å².